The van der Waals surface area contributed by atoms with Crippen molar-refractivity contribution in [3.63, 3.8) is 0 Å². The second-order valence-electron chi connectivity index (χ2n) is 9.38. The molecule has 0 radical (unpaired) electrons. The number of carbonyl (C=O) groups excluding carboxylic acids is 1. The summed E-state index contributed by atoms with van der Waals surface area (Å²) >= 11 is 1.01. The molecule has 9 nitrogen and oxygen atoms in total. The van der Waals surface area contributed by atoms with Crippen LogP contribution in [0.5, 0.6) is 11.5 Å². The number of nitrogens with one attached hydrogen (secondary N) is 1. The van der Waals surface area contributed by atoms with E-state index in [1.807, 2.05) is 0 Å². The predicted octanol–water partition coefficient (Wildman–Crippen LogP) is 2.93. The Balaban J connectivity index is 1.85. The first-order chi connectivity index (χ1) is 20.2. The number of sulfone groups is 1. The standard InChI is InChI=1S/C31H28N2O7S2/c1-4-40-31(35)26-25(20-12-16-22(39-3)17-13-20)27(42(36,37)23-8-6-5-7-9-23)28(32)33-29(34)24(41-30(26)33)18-19-10-14-21(38-2)15-11-19/h5-18,25,27,32H,4H2,1-3H3/b24-18-,32-28?. The smallest absolute Gasteiger partial charge is 0.337 e. The fraction of sp³-hybridized carbons (Fsp3) is 0.194. The number of methoxy groups -OCH3 is 2. The lowest BCUT2D eigenvalue weighted by molar-refractivity contribution is -0.136. The first-order valence-corrected chi connectivity index (χ1v) is 15.4. The lowest BCUT2D eigenvalue weighted by Crippen LogP contribution is -2.53. The summed E-state index contributed by atoms with van der Waals surface area (Å²) in [5.74, 6) is -1.16. The SMILES string of the molecule is CCOC(=O)C1=c2s/c(=C\c3ccc(OC)cc3)c(=O)n2C(=N)C(S(=O)(=O)c2ccccc2)C1c1ccc(OC)cc1. The lowest BCUT2D eigenvalue weighted by atomic mass is 9.86. The van der Waals surface area contributed by atoms with Crippen LogP contribution in [-0.2, 0) is 19.4 Å². The highest BCUT2D eigenvalue weighted by atomic mass is 32.2. The number of rotatable bonds is 8. The van der Waals surface area contributed by atoms with Crippen LogP contribution in [0.4, 0.5) is 0 Å². The third-order valence-corrected chi connectivity index (χ3v) is 10.2. The monoisotopic (exact) mass is 604 g/mol. The maximum atomic E-state index is 14.2. The van der Waals surface area contributed by atoms with Crippen LogP contribution in [0.25, 0.3) is 11.6 Å². The van der Waals surface area contributed by atoms with Crippen molar-refractivity contribution in [3.8, 4) is 11.5 Å². The zero-order valence-corrected chi connectivity index (χ0v) is 24.7. The van der Waals surface area contributed by atoms with Crippen LogP contribution in [0.2, 0.25) is 0 Å². The molecule has 3 aromatic carbocycles. The van der Waals surface area contributed by atoms with Crippen LogP contribution in [-0.4, -0.2) is 50.9 Å². The van der Waals surface area contributed by atoms with E-state index < -0.39 is 38.4 Å². The molecule has 5 rings (SSSR count). The van der Waals surface area contributed by atoms with Gasteiger partial charge in [0.05, 0.1) is 35.8 Å². The molecule has 0 amide bonds. The second kappa shape index (κ2) is 11.8. The van der Waals surface area contributed by atoms with E-state index in [9.17, 15) is 23.4 Å². The summed E-state index contributed by atoms with van der Waals surface area (Å²) in [7, 11) is -1.23. The molecule has 11 heteroatoms. The molecule has 42 heavy (non-hydrogen) atoms. The van der Waals surface area contributed by atoms with Gasteiger partial charge in [0, 0.05) is 5.92 Å². The second-order valence-corrected chi connectivity index (χ2v) is 12.5. The van der Waals surface area contributed by atoms with Crippen molar-refractivity contribution in [2.45, 2.75) is 23.0 Å². The summed E-state index contributed by atoms with van der Waals surface area (Å²) in [4.78, 5) is 27.4. The third-order valence-electron chi connectivity index (χ3n) is 6.97. The molecule has 0 aliphatic carbocycles. The van der Waals surface area contributed by atoms with Gasteiger partial charge in [-0.1, -0.05) is 42.5 Å². The number of ether oxygens (including phenoxy) is 3. The van der Waals surface area contributed by atoms with Crippen molar-refractivity contribution in [1.29, 1.82) is 5.41 Å². The van der Waals surface area contributed by atoms with Crippen molar-refractivity contribution < 1.29 is 27.4 Å². The van der Waals surface area contributed by atoms with Crippen LogP contribution in [0.1, 0.15) is 24.0 Å². The maximum Gasteiger partial charge on any atom is 0.337 e. The van der Waals surface area contributed by atoms with Crippen LogP contribution >= 0.6 is 11.3 Å². The average Bonchev–Trinajstić information content (AvgIpc) is 3.33. The van der Waals surface area contributed by atoms with Crippen molar-refractivity contribution in [2.75, 3.05) is 20.8 Å². The van der Waals surface area contributed by atoms with Gasteiger partial charge in [-0.2, -0.15) is 0 Å². The minimum Gasteiger partial charge on any atom is -0.497 e. The highest BCUT2D eigenvalue weighted by Gasteiger charge is 2.48. The number of benzene rings is 3. The molecule has 1 aliphatic rings. The Morgan fingerprint density at radius 3 is 2.12 bits per heavy atom. The quantitative estimate of drug-likeness (QED) is 0.307. The number of nitrogens with zero attached hydrogens (tertiary/aromatic N) is 1. The number of carbonyl (C=O) groups is 1. The van der Waals surface area contributed by atoms with Gasteiger partial charge >= 0.3 is 5.97 Å². The number of esters is 1. The number of thiazole rings is 1. The fourth-order valence-electron chi connectivity index (χ4n) is 4.96. The molecule has 0 bridgehead atoms. The zero-order valence-electron chi connectivity index (χ0n) is 23.1. The number of aromatic nitrogens is 1. The first kappa shape index (κ1) is 29.0. The van der Waals surface area contributed by atoms with Crippen molar-refractivity contribution in [1.82, 2.24) is 4.57 Å². The molecule has 0 saturated carbocycles. The molecule has 2 heterocycles. The van der Waals surface area contributed by atoms with Gasteiger partial charge in [0.2, 0.25) is 0 Å². The molecule has 1 N–H and O–H groups in total. The summed E-state index contributed by atoms with van der Waals surface area (Å²) < 4.78 is 45.8. The highest BCUT2D eigenvalue weighted by Crippen LogP contribution is 2.39. The van der Waals surface area contributed by atoms with Crippen molar-refractivity contribution in [2.24, 2.45) is 0 Å². The molecular weight excluding hydrogens is 576 g/mol. The highest BCUT2D eigenvalue weighted by molar-refractivity contribution is 7.93. The Kier molecular flexibility index (Phi) is 8.15. The Labute approximate surface area is 246 Å². The van der Waals surface area contributed by atoms with Crippen LogP contribution in [0.15, 0.2) is 88.6 Å². The van der Waals surface area contributed by atoms with E-state index in [2.05, 4.69) is 0 Å². The van der Waals surface area contributed by atoms with Gasteiger partial charge in [-0.15, -0.1) is 11.3 Å². The minimum atomic E-state index is -4.29. The maximum absolute atomic E-state index is 14.2. The van der Waals surface area contributed by atoms with Gasteiger partial charge in [-0.05, 0) is 60.5 Å². The van der Waals surface area contributed by atoms with E-state index in [1.54, 1.807) is 86.8 Å². The molecule has 2 unspecified atom stereocenters. The van der Waals surface area contributed by atoms with Gasteiger partial charge in [0.1, 0.15) is 27.2 Å². The number of hydrogen-bond donors (Lipinski definition) is 1. The molecular formula is C31H28N2O7S2. The fourth-order valence-corrected chi connectivity index (χ4v) is 8.02. The topological polar surface area (TPSA) is 125 Å². The molecule has 1 aliphatic heterocycles. The lowest BCUT2D eigenvalue weighted by Gasteiger charge is -2.32. The van der Waals surface area contributed by atoms with Gasteiger partial charge in [-0.25, -0.2) is 13.2 Å². The van der Waals surface area contributed by atoms with E-state index >= 15 is 0 Å². The largest absolute Gasteiger partial charge is 0.497 e. The predicted molar refractivity (Wildman–Crippen MR) is 161 cm³/mol. The number of hydrogen-bond acceptors (Lipinski definition) is 9. The van der Waals surface area contributed by atoms with E-state index in [1.165, 1.54) is 19.2 Å². The Bertz CT molecular complexity index is 1930. The van der Waals surface area contributed by atoms with Gasteiger partial charge in [0.15, 0.2) is 9.84 Å². The molecule has 0 saturated heterocycles. The van der Waals surface area contributed by atoms with Gasteiger partial charge in [-0.3, -0.25) is 14.8 Å². The van der Waals surface area contributed by atoms with E-state index in [4.69, 9.17) is 14.2 Å². The summed E-state index contributed by atoms with van der Waals surface area (Å²) in [5, 5.41) is 7.58. The summed E-state index contributed by atoms with van der Waals surface area (Å²) in [6.45, 7) is 1.68. The van der Waals surface area contributed by atoms with E-state index in [0.717, 1.165) is 15.9 Å². The van der Waals surface area contributed by atoms with Crippen molar-refractivity contribution >= 4 is 44.6 Å². The molecule has 0 fully saturated rings. The van der Waals surface area contributed by atoms with Crippen molar-refractivity contribution in [3.05, 3.63) is 110 Å². The first-order valence-electron chi connectivity index (χ1n) is 13.0. The average molecular weight is 605 g/mol. The van der Waals surface area contributed by atoms with Crippen LogP contribution < -0.4 is 24.2 Å². The Morgan fingerprint density at radius 1 is 0.952 bits per heavy atom. The van der Waals surface area contributed by atoms with E-state index in [0.29, 0.717) is 22.6 Å². The molecule has 1 aromatic heterocycles. The zero-order chi connectivity index (χ0) is 30.0. The van der Waals surface area contributed by atoms with Crippen LogP contribution in [0.3, 0.4) is 0 Å². The van der Waals surface area contributed by atoms with Gasteiger partial charge in [0.25, 0.3) is 5.56 Å². The van der Waals surface area contributed by atoms with Crippen LogP contribution in [0, 0.1) is 5.41 Å². The Hall–Kier alpha value is -4.48. The summed E-state index contributed by atoms with van der Waals surface area (Å²) in [6, 6.07) is 21.4. The summed E-state index contributed by atoms with van der Waals surface area (Å²) in [5.41, 5.74) is 0.551. The summed E-state index contributed by atoms with van der Waals surface area (Å²) in [6.07, 6.45) is 1.64. The number of fused-ring (bicyclic) bond motifs is 1. The molecule has 4 aromatic rings. The Morgan fingerprint density at radius 2 is 1.55 bits per heavy atom. The van der Waals surface area contributed by atoms with Gasteiger partial charge < -0.3 is 14.2 Å². The normalized spacial score (nSPS) is 17.1. The molecule has 2 atom stereocenters. The third kappa shape index (κ3) is 5.17. The minimum absolute atomic E-state index is 0.000922. The molecule has 0 spiro atoms. The van der Waals surface area contributed by atoms with E-state index in [-0.39, 0.29) is 26.3 Å². The molecule has 216 valence electrons.